The zero-order chi connectivity index (χ0) is 46.8. The third-order valence-electron chi connectivity index (χ3n) is 16.2. The second kappa shape index (κ2) is 12.7. The summed E-state index contributed by atoms with van der Waals surface area (Å²) in [6.07, 6.45) is 0. The molecule has 332 valence electrons. The molecule has 0 atom stereocenters. The molecule has 0 radical (unpaired) electrons. The van der Waals surface area contributed by atoms with Crippen molar-refractivity contribution in [1.29, 1.82) is 0 Å². The van der Waals surface area contributed by atoms with Gasteiger partial charge < -0.3 is 13.2 Å². The van der Waals surface area contributed by atoms with Gasteiger partial charge in [0.1, 0.15) is 0 Å². The van der Waals surface area contributed by atoms with Crippen LogP contribution in [0.4, 0.5) is 0 Å². The van der Waals surface area contributed by atoms with Gasteiger partial charge in [-0.2, -0.15) is 0 Å². The zero-order valence-corrected chi connectivity index (χ0v) is 40.9. The number of benzene rings is 9. The van der Waals surface area contributed by atoms with Gasteiger partial charge in [-0.1, -0.05) is 135 Å². The fourth-order valence-electron chi connectivity index (χ4n) is 12.6. The number of rotatable bonds is 2. The summed E-state index contributed by atoms with van der Waals surface area (Å²) in [6, 6.07) is 61.1. The molecular weight excluding hydrogens is 835 g/mol. The van der Waals surface area contributed by atoms with Crippen LogP contribution in [0.15, 0.2) is 158 Å². The van der Waals surface area contributed by atoms with E-state index in [1.165, 1.54) is 153 Å². The van der Waals surface area contributed by atoms with Crippen molar-refractivity contribution in [2.24, 2.45) is 0 Å². The molecule has 3 nitrogen and oxygen atoms in total. The third-order valence-corrected chi connectivity index (χ3v) is 16.2. The van der Waals surface area contributed by atoms with Crippen LogP contribution in [0, 0.1) is 0 Å². The van der Waals surface area contributed by atoms with Crippen molar-refractivity contribution in [3.8, 4) is 22.3 Å². The average Bonchev–Trinajstić information content (AvgIpc) is 4.16. The normalized spacial score (nSPS) is 13.6. The SMILES string of the molecule is CC(C)(C)c1ccc2c(c1)c1cc(C(C)(C)C)cc3c4cc5c6cc(C(C)(C)C)cc7c8cc9c(cc8n(c5cc4n2c13)c76)c1cc(-c2ccccc2)cc2c3cc(-c4ccccc4)ccc3n9c21. The average molecular weight is 888 g/mol. The van der Waals surface area contributed by atoms with Crippen LogP contribution in [-0.2, 0) is 16.2 Å². The van der Waals surface area contributed by atoms with Gasteiger partial charge in [-0.15, -0.1) is 0 Å². The largest absolute Gasteiger partial charge is 0.308 e. The first-order valence-corrected chi connectivity index (χ1v) is 24.8. The summed E-state index contributed by atoms with van der Waals surface area (Å²) in [4.78, 5) is 0. The minimum Gasteiger partial charge on any atom is -0.308 e. The van der Waals surface area contributed by atoms with Crippen LogP contribution in [-0.4, -0.2) is 13.2 Å². The molecule has 0 fully saturated rings. The molecule has 0 bridgehead atoms. The lowest BCUT2D eigenvalue weighted by atomic mass is 9.84. The Morgan fingerprint density at radius 3 is 1.03 bits per heavy atom. The number of aromatic nitrogens is 3. The molecule has 0 saturated carbocycles. The van der Waals surface area contributed by atoms with Crippen LogP contribution in [0.1, 0.15) is 79.0 Å². The van der Waals surface area contributed by atoms with Gasteiger partial charge in [0.15, 0.2) is 0 Å². The third kappa shape index (κ3) is 5.13. The van der Waals surface area contributed by atoms with E-state index < -0.39 is 0 Å². The monoisotopic (exact) mass is 887 g/mol. The fraction of sp³-hybridized carbons (Fsp3) is 0.182. The van der Waals surface area contributed by atoms with E-state index in [0.29, 0.717) is 0 Å². The Balaban J connectivity index is 1.10. The molecule has 0 aliphatic heterocycles. The van der Waals surface area contributed by atoms with Crippen LogP contribution < -0.4 is 0 Å². The summed E-state index contributed by atoms with van der Waals surface area (Å²) in [7, 11) is 0. The van der Waals surface area contributed by atoms with Crippen LogP contribution >= 0.6 is 0 Å². The molecule has 0 aliphatic carbocycles. The predicted molar refractivity (Wildman–Crippen MR) is 297 cm³/mol. The molecule has 3 heteroatoms. The Bertz CT molecular complexity index is 4670. The van der Waals surface area contributed by atoms with Crippen molar-refractivity contribution < 1.29 is 0 Å². The second-order valence-corrected chi connectivity index (χ2v) is 23.5. The van der Waals surface area contributed by atoms with Crippen molar-refractivity contribution in [2.45, 2.75) is 78.6 Å². The molecular formula is C66H53N3. The summed E-state index contributed by atoms with van der Waals surface area (Å²) in [6.45, 7) is 21.1. The quantitative estimate of drug-likeness (QED) is 0.164. The summed E-state index contributed by atoms with van der Waals surface area (Å²) < 4.78 is 7.79. The lowest BCUT2D eigenvalue weighted by molar-refractivity contribution is 0.590. The molecule has 0 unspecified atom stereocenters. The highest BCUT2D eigenvalue weighted by atomic mass is 15.0. The number of hydrogen-bond acceptors (Lipinski definition) is 0. The van der Waals surface area contributed by atoms with Gasteiger partial charge in [0.05, 0.1) is 49.7 Å². The maximum Gasteiger partial charge on any atom is 0.0620 e. The van der Waals surface area contributed by atoms with Crippen molar-refractivity contribution in [3.63, 3.8) is 0 Å². The van der Waals surface area contributed by atoms with Gasteiger partial charge in [-0.05, 0) is 140 Å². The molecule has 0 spiro atoms. The number of fused-ring (bicyclic) bond motifs is 18. The first-order chi connectivity index (χ1) is 33.1. The Kier molecular flexibility index (Phi) is 7.26. The standard InChI is InChI=1S/C66H53N3/c1-64(2,3)40-21-23-56-44(27-40)51-28-41(65(4,5)6)29-52-45-32-46-53-30-42(66(7,8)9)31-54-48-34-57-47(33-58(48)69(63(53)54)60(46)35-59(45)68(56)62(51)52)50-26-39(37-18-14-11-15-19-37)25-49-43-24-38(36-16-12-10-13-17-36)20-22-55(43)67(57)61(49)50/h10-35H,1-9H3. The lowest BCUT2D eigenvalue weighted by Gasteiger charge is -2.20. The molecule has 0 N–H and O–H groups in total. The highest BCUT2D eigenvalue weighted by Gasteiger charge is 2.29. The maximum atomic E-state index is 2.63. The lowest BCUT2D eigenvalue weighted by Crippen LogP contribution is -2.11. The minimum absolute atomic E-state index is 0.00454. The number of hydrogen-bond donors (Lipinski definition) is 0. The molecule has 69 heavy (non-hydrogen) atoms. The topological polar surface area (TPSA) is 13.2 Å². The molecule has 6 heterocycles. The molecule has 0 aliphatic rings. The van der Waals surface area contributed by atoms with E-state index in [1.54, 1.807) is 0 Å². The van der Waals surface area contributed by atoms with Gasteiger partial charge in [-0.3, -0.25) is 0 Å². The van der Waals surface area contributed by atoms with Gasteiger partial charge in [-0.25, -0.2) is 0 Å². The highest BCUT2D eigenvalue weighted by Crippen LogP contribution is 2.50. The fourth-order valence-corrected chi connectivity index (χ4v) is 12.6. The predicted octanol–water partition coefficient (Wildman–Crippen LogP) is 18.4. The van der Waals surface area contributed by atoms with E-state index in [2.05, 4.69) is 233 Å². The van der Waals surface area contributed by atoms with Crippen LogP contribution in [0.2, 0.25) is 0 Å². The zero-order valence-electron chi connectivity index (χ0n) is 40.9. The Morgan fingerprint density at radius 1 is 0.232 bits per heavy atom. The van der Waals surface area contributed by atoms with Crippen LogP contribution in [0.25, 0.3) is 137 Å². The summed E-state index contributed by atoms with van der Waals surface area (Å²) in [5.41, 5.74) is 20.6. The van der Waals surface area contributed by atoms with Crippen molar-refractivity contribution >= 4 is 114 Å². The van der Waals surface area contributed by atoms with Crippen molar-refractivity contribution in [2.75, 3.05) is 0 Å². The molecule has 15 rings (SSSR count). The van der Waals surface area contributed by atoms with Gasteiger partial charge >= 0.3 is 0 Å². The van der Waals surface area contributed by atoms with Crippen molar-refractivity contribution in [1.82, 2.24) is 13.2 Å². The molecule has 15 aromatic rings. The van der Waals surface area contributed by atoms with Gasteiger partial charge in [0.2, 0.25) is 0 Å². The molecule has 0 saturated heterocycles. The first-order valence-electron chi connectivity index (χ1n) is 24.8. The van der Waals surface area contributed by atoms with Crippen LogP contribution in [0.5, 0.6) is 0 Å². The highest BCUT2D eigenvalue weighted by molar-refractivity contribution is 6.32. The Morgan fingerprint density at radius 2 is 0.565 bits per heavy atom. The van der Waals surface area contributed by atoms with E-state index in [1.807, 2.05) is 0 Å². The molecule has 9 aromatic carbocycles. The van der Waals surface area contributed by atoms with E-state index >= 15 is 0 Å². The van der Waals surface area contributed by atoms with Gasteiger partial charge in [0, 0.05) is 64.6 Å². The Labute approximate surface area is 400 Å². The van der Waals surface area contributed by atoms with Crippen molar-refractivity contribution in [3.05, 3.63) is 174 Å². The van der Waals surface area contributed by atoms with Gasteiger partial charge in [0.25, 0.3) is 0 Å². The first kappa shape index (κ1) is 39.4. The van der Waals surface area contributed by atoms with Crippen LogP contribution in [0.3, 0.4) is 0 Å². The van der Waals surface area contributed by atoms with E-state index in [9.17, 15) is 0 Å². The van der Waals surface area contributed by atoms with E-state index in [4.69, 9.17) is 0 Å². The van der Waals surface area contributed by atoms with E-state index in [0.717, 1.165) is 0 Å². The number of nitrogens with zero attached hydrogens (tertiary/aromatic N) is 3. The van der Waals surface area contributed by atoms with E-state index in [-0.39, 0.29) is 16.2 Å². The summed E-state index contributed by atoms with van der Waals surface area (Å²) >= 11 is 0. The molecule has 6 aromatic heterocycles. The smallest absolute Gasteiger partial charge is 0.0620 e. The maximum absolute atomic E-state index is 2.63. The minimum atomic E-state index is -0.0466. The Hall–Kier alpha value is -7.62. The molecule has 0 amide bonds. The summed E-state index contributed by atoms with van der Waals surface area (Å²) in [5.74, 6) is 0. The second-order valence-electron chi connectivity index (χ2n) is 23.5. The summed E-state index contributed by atoms with van der Waals surface area (Å²) in [5, 5.41) is 15.8.